The summed E-state index contributed by atoms with van der Waals surface area (Å²) in [6.07, 6.45) is -0.0614. The van der Waals surface area contributed by atoms with Gasteiger partial charge < -0.3 is 23.7 Å². The number of benzene rings is 5. The maximum atomic E-state index is 7.40. The van der Waals surface area contributed by atoms with Gasteiger partial charge in [0.25, 0.3) is 0 Å². The van der Waals surface area contributed by atoms with E-state index in [4.69, 9.17) is 23.7 Å². The quantitative estimate of drug-likeness (QED) is 0.171. The van der Waals surface area contributed by atoms with Crippen molar-refractivity contribution in [1.29, 1.82) is 0 Å². The SMILES string of the molecule is Cc1ccc2c(OC(C3(C)COC3)C3(C)COC3)c(-c3c4ccccc4c(OCC4(C)COC4)c4ccccc34)ccc2c1. The third-order valence-corrected chi connectivity index (χ3v) is 9.97. The number of rotatable bonds is 8. The van der Waals surface area contributed by atoms with Gasteiger partial charge in [0.15, 0.2) is 0 Å². The van der Waals surface area contributed by atoms with Gasteiger partial charge in [0.2, 0.25) is 0 Å². The van der Waals surface area contributed by atoms with Crippen LogP contribution >= 0.6 is 0 Å². The van der Waals surface area contributed by atoms with E-state index in [9.17, 15) is 0 Å². The number of ether oxygens (including phenoxy) is 5. The molecule has 0 atom stereocenters. The van der Waals surface area contributed by atoms with Gasteiger partial charge in [-0.3, -0.25) is 0 Å². The molecule has 3 aliphatic rings. The van der Waals surface area contributed by atoms with E-state index in [-0.39, 0.29) is 22.3 Å². The van der Waals surface area contributed by atoms with Gasteiger partial charge in [-0.2, -0.15) is 0 Å². The average Bonchev–Trinajstić information content (AvgIpc) is 2.98. The first kappa shape index (κ1) is 27.9. The van der Waals surface area contributed by atoms with E-state index in [0.29, 0.717) is 33.0 Å². The molecule has 44 heavy (non-hydrogen) atoms. The van der Waals surface area contributed by atoms with Crippen molar-refractivity contribution in [3.8, 4) is 22.6 Å². The molecule has 0 unspecified atom stereocenters. The van der Waals surface area contributed by atoms with Crippen LogP contribution in [0.2, 0.25) is 0 Å². The summed E-state index contributed by atoms with van der Waals surface area (Å²) in [5.41, 5.74) is 3.35. The minimum Gasteiger partial charge on any atom is -0.492 e. The summed E-state index contributed by atoms with van der Waals surface area (Å²) in [6, 6.07) is 28.4. The second kappa shape index (κ2) is 10.2. The van der Waals surface area contributed by atoms with E-state index in [1.54, 1.807) is 0 Å². The predicted octanol–water partition coefficient (Wildman–Crippen LogP) is 8.36. The molecule has 0 saturated carbocycles. The third kappa shape index (κ3) is 4.40. The molecule has 0 bridgehead atoms. The molecule has 8 rings (SSSR count). The first-order valence-electron chi connectivity index (χ1n) is 15.8. The maximum absolute atomic E-state index is 7.40. The normalized spacial score (nSPS) is 19.8. The standard InChI is InChI=1S/C39H40O5/c1-25-13-15-27-26(17-25)14-16-32(35(27)44-36(38(3)21-41-22-38)39(4)23-42-24-39)33-28-9-5-7-11-30(28)34(31-12-8-6-10-29(31)33)43-20-37(2)18-40-19-37/h5-17,36H,18-24H2,1-4H3. The van der Waals surface area contributed by atoms with Crippen LogP contribution in [-0.2, 0) is 14.2 Å². The molecule has 0 radical (unpaired) electrons. The van der Waals surface area contributed by atoms with Gasteiger partial charge in [0.05, 0.1) is 57.1 Å². The van der Waals surface area contributed by atoms with Crippen molar-refractivity contribution in [2.24, 2.45) is 16.2 Å². The molecule has 3 heterocycles. The van der Waals surface area contributed by atoms with Gasteiger partial charge in [-0.1, -0.05) is 99.1 Å². The molecular formula is C39H40O5. The van der Waals surface area contributed by atoms with Gasteiger partial charge in [-0.15, -0.1) is 0 Å². The highest BCUT2D eigenvalue weighted by Crippen LogP contribution is 2.51. The molecule has 0 aliphatic carbocycles. The molecule has 0 amide bonds. The fourth-order valence-electron chi connectivity index (χ4n) is 7.45. The zero-order chi connectivity index (χ0) is 30.1. The largest absolute Gasteiger partial charge is 0.492 e. The van der Waals surface area contributed by atoms with Crippen LogP contribution in [0.5, 0.6) is 11.5 Å². The predicted molar refractivity (Wildman–Crippen MR) is 176 cm³/mol. The summed E-state index contributed by atoms with van der Waals surface area (Å²) in [5, 5.41) is 6.82. The Labute approximate surface area is 259 Å². The first-order valence-corrected chi connectivity index (χ1v) is 15.8. The lowest BCUT2D eigenvalue weighted by atomic mass is 9.67. The molecule has 226 valence electrons. The molecule has 3 fully saturated rings. The fourth-order valence-corrected chi connectivity index (χ4v) is 7.45. The van der Waals surface area contributed by atoms with Crippen LogP contribution in [0, 0.1) is 23.2 Å². The van der Waals surface area contributed by atoms with E-state index in [2.05, 4.69) is 107 Å². The highest BCUT2D eigenvalue weighted by molar-refractivity contribution is 6.18. The molecular weight excluding hydrogens is 548 g/mol. The Morgan fingerprint density at radius 1 is 0.636 bits per heavy atom. The minimum atomic E-state index is -0.0914. The Hall–Kier alpha value is -3.64. The Bertz CT molecular complexity index is 1820. The number of hydrogen-bond acceptors (Lipinski definition) is 5. The van der Waals surface area contributed by atoms with Crippen LogP contribution in [0.4, 0.5) is 0 Å². The lowest BCUT2D eigenvalue weighted by molar-refractivity contribution is -0.236. The number of fused-ring (bicyclic) bond motifs is 3. The summed E-state index contributed by atoms with van der Waals surface area (Å²) in [6.45, 7) is 13.8. The fraction of sp³-hybridized carbons (Fsp3) is 0.385. The zero-order valence-corrected chi connectivity index (χ0v) is 26.1. The van der Waals surface area contributed by atoms with Gasteiger partial charge >= 0.3 is 0 Å². The van der Waals surface area contributed by atoms with E-state index in [0.717, 1.165) is 57.2 Å². The highest BCUT2D eigenvalue weighted by Gasteiger charge is 2.55. The molecule has 3 aliphatic heterocycles. The molecule has 5 nitrogen and oxygen atoms in total. The van der Waals surface area contributed by atoms with Crippen molar-refractivity contribution in [3.05, 3.63) is 84.4 Å². The Morgan fingerprint density at radius 2 is 1.20 bits per heavy atom. The van der Waals surface area contributed by atoms with Crippen LogP contribution in [0.25, 0.3) is 43.4 Å². The van der Waals surface area contributed by atoms with Crippen LogP contribution in [0.1, 0.15) is 26.3 Å². The van der Waals surface area contributed by atoms with Crippen LogP contribution in [-0.4, -0.2) is 52.4 Å². The smallest absolute Gasteiger partial charge is 0.135 e. The van der Waals surface area contributed by atoms with Crippen LogP contribution < -0.4 is 9.47 Å². The van der Waals surface area contributed by atoms with Gasteiger partial charge in [0.1, 0.15) is 17.6 Å². The van der Waals surface area contributed by atoms with Gasteiger partial charge in [0, 0.05) is 32.7 Å². The van der Waals surface area contributed by atoms with Crippen molar-refractivity contribution in [3.63, 3.8) is 0 Å². The summed E-state index contributed by atoms with van der Waals surface area (Å²) < 4.78 is 31.2. The molecule has 0 N–H and O–H groups in total. The summed E-state index contributed by atoms with van der Waals surface area (Å²) in [5.74, 6) is 1.86. The van der Waals surface area contributed by atoms with E-state index >= 15 is 0 Å². The lowest BCUT2D eigenvalue weighted by Gasteiger charge is -2.54. The monoisotopic (exact) mass is 588 g/mol. The van der Waals surface area contributed by atoms with Crippen molar-refractivity contribution in [1.82, 2.24) is 0 Å². The van der Waals surface area contributed by atoms with Crippen molar-refractivity contribution >= 4 is 32.3 Å². The van der Waals surface area contributed by atoms with Crippen LogP contribution in [0.15, 0.2) is 78.9 Å². The average molecular weight is 589 g/mol. The molecule has 5 aromatic rings. The second-order valence-corrected chi connectivity index (χ2v) is 14.3. The summed E-state index contributed by atoms with van der Waals surface area (Å²) in [4.78, 5) is 0. The summed E-state index contributed by atoms with van der Waals surface area (Å²) in [7, 11) is 0. The topological polar surface area (TPSA) is 46.2 Å². The Balaban J connectivity index is 1.37. The lowest BCUT2D eigenvalue weighted by Crippen LogP contribution is -2.63. The summed E-state index contributed by atoms with van der Waals surface area (Å²) >= 11 is 0. The van der Waals surface area contributed by atoms with E-state index in [1.807, 2.05) is 0 Å². The van der Waals surface area contributed by atoms with Gasteiger partial charge in [-0.25, -0.2) is 0 Å². The van der Waals surface area contributed by atoms with Gasteiger partial charge in [-0.05, 0) is 29.1 Å². The minimum absolute atomic E-state index is 0.0378. The molecule has 0 aromatic heterocycles. The number of hydrogen-bond donors (Lipinski definition) is 0. The van der Waals surface area contributed by atoms with E-state index in [1.165, 1.54) is 16.5 Å². The molecule has 0 spiro atoms. The first-order chi connectivity index (χ1) is 21.3. The Morgan fingerprint density at radius 3 is 1.73 bits per heavy atom. The van der Waals surface area contributed by atoms with Crippen LogP contribution in [0.3, 0.4) is 0 Å². The number of aryl methyl sites for hydroxylation is 1. The highest BCUT2D eigenvalue weighted by atomic mass is 16.5. The maximum Gasteiger partial charge on any atom is 0.135 e. The third-order valence-electron chi connectivity index (χ3n) is 9.97. The van der Waals surface area contributed by atoms with Crippen molar-refractivity contribution in [2.45, 2.75) is 33.8 Å². The second-order valence-electron chi connectivity index (χ2n) is 14.3. The Kier molecular flexibility index (Phi) is 6.46. The molecule has 5 aromatic carbocycles. The van der Waals surface area contributed by atoms with E-state index < -0.39 is 0 Å². The molecule has 3 saturated heterocycles. The zero-order valence-electron chi connectivity index (χ0n) is 26.1. The van der Waals surface area contributed by atoms with Crippen molar-refractivity contribution in [2.75, 3.05) is 46.2 Å². The van der Waals surface area contributed by atoms with Crippen molar-refractivity contribution < 1.29 is 23.7 Å². The molecule has 5 heteroatoms.